The first kappa shape index (κ1) is 22.8. The van der Waals surface area contributed by atoms with Gasteiger partial charge in [-0.05, 0) is 36.8 Å². The van der Waals surface area contributed by atoms with E-state index in [0.717, 1.165) is 10.9 Å². The number of benzene rings is 2. The number of ether oxygens (including phenoxy) is 1. The van der Waals surface area contributed by atoms with E-state index in [1.54, 1.807) is 41.4 Å². The number of piperazine rings is 1. The SMILES string of the molecule is Cc1cnc2c(S(=O)(=O)N3CCN(C(=O)COc4cc(Cl)ccc4Cl)CC3)cccc2c1. The molecule has 3 aromatic rings. The van der Waals surface area contributed by atoms with Crippen LogP contribution in [-0.4, -0.2) is 61.3 Å². The Morgan fingerprint density at radius 3 is 2.59 bits per heavy atom. The first-order valence-corrected chi connectivity index (χ1v) is 12.2. The number of para-hydroxylation sites is 1. The molecule has 1 saturated heterocycles. The average molecular weight is 494 g/mol. The summed E-state index contributed by atoms with van der Waals surface area (Å²) in [5.41, 5.74) is 1.41. The molecule has 2 heterocycles. The number of hydrogen-bond donors (Lipinski definition) is 0. The van der Waals surface area contributed by atoms with Crippen LogP contribution in [0.15, 0.2) is 53.6 Å². The van der Waals surface area contributed by atoms with Crippen molar-refractivity contribution in [1.29, 1.82) is 0 Å². The van der Waals surface area contributed by atoms with Gasteiger partial charge in [0.15, 0.2) is 6.61 Å². The molecule has 4 rings (SSSR count). The van der Waals surface area contributed by atoms with Crippen molar-refractivity contribution >= 4 is 50.0 Å². The molecular weight excluding hydrogens is 473 g/mol. The minimum absolute atomic E-state index is 0.175. The van der Waals surface area contributed by atoms with Gasteiger partial charge < -0.3 is 9.64 Å². The quantitative estimate of drug-likeness (QED) is 0.540. The van der Waals surface area contributed by atoms with Gasteiger partial charge >= 0.3 is 0 Å². The predicted octanol–water partition coefficient (Wildman–Crippen LogP) is 3.76. The highest BCUT2D eigenvalue weighted by Gasteiger charge is 2.31. The maximum absolute atomic E-state index is 13.3. The Bertz CT molecular complexity index is 1280. The summed E-state index contributed by atoms with van der Waals surface area (Å²) >= 11 is 12.0. The summed E-state index contributed by atoms with van der Waals surface area (Å²) in [6.45, 7) is 2.61. The molecule has 1 amide bonds. The summed E-state index contributed by atoms with van der Waals surface area (Å²) in [7, 11) is -3.75. The summed E-state index contributed by atoms with van der Waals surface area (Å²) in [6, 6.07) is 11.8. The molecule has 1 aromatic heterocycles. The summed E-state index contributed by atoms with van der Waals surface area (Å²) in [5.74, 6) is 0.0767. The minimum Gasteiger partial charge on any atom is -0.482 e. The van der Waals surface area contributed by atoms with Crippen molar-refractivity contribution in [2.24, 2.45) is 0 Å². The van der Waals surface area contributed by atoms with Crippen LogP contribution in [0.2, 0.25) is 10.0 Å². The van der Waals surface area contributed by atoms with E-state index in [0.29, 0.717) is 21.3 Å². The number of fused-ring (bicyclic) bond motifs is 1. The topological polar surface area (TPSA) is 79.8 Å². The largest absolute Gasteiger partial charge is 0.482 e. The van der Waals surface area contributed by atoms with E-state index in [-0.39, 0.29) is 43.6 Å². The lowest BCUT2D eigenvalue weighted by atomic mass is 10.2. The van der Waals surface area contributed by atoms with Crippen molar-refractivity contribution in [2.45, 2.75) is 11.8 Å². The van der Waals surface area contributed by atoms with Crippen LogP contribution >= 0.6 is 23.2 Å². The van der Waals surface area contributed by atoms with Crippen molar-refractivity contribution in [1.82, 2.24) is 14.2 Å². The number of halogens is 2. The van der Waals surface area contributed by atoms with E-state index in [1.165, 1.54) is 4.31 Å². The van der Waals surface area contributed by atoms with Gasteiger partial charge in [0.25, 0.3) is 5.91 Å². The zero-order chi connectivity index (χ0) is 22.9. The first-order valence-electron chi connectivity index (χ1n) is 9.97. The second kappa shape index (κ2) is 9.23. The van der Waals surface area contributed by atoms with Crippen LogP contribution in [0.3, 0.4) is 0 Å². The Morgan fingerprint density at radius 1 is 1.09 bits per heavy atom. The molecule has 1 aliphatic rings. The highest BCUT2D eigenvalue weighted by Crippen LogP contribution is 2.28. The van der Waals surface area contributed by atoms with Gasteiger partial charge in [-0.2, -0.15) is 4.31 Å². The number of rotatable bonds is 5. The number of hydrogen-bond acceptors (Lipinski definition) is 5. The fourth-order valence-corrected chi connectivity index (χ4v) is 5.51. The molecule has 0 spiro atoms. The number of carbonyl (C=O) groups excluding carboxylic acids is 1. The van der Waals surface area contributed by atoms with Gasteiger partial charge in [0.05, 0.1) is 10.5 Å². The van der Waals surface area contributed by atoms with Crippen molar-refractivity contribution in [2.75, 3.05) is 32.8 Å². The van der Waals surface area contributed by atoms with Crippen LogP contribution in [0.4, 0.5) is 0 Å². The fourth-order valence-electron chi connectivity index (χ4n) is 3.59. The third kappa shape index (κ3) is 4.68. The molecule has 2 aromatic carbocycles. The third-order valence-corrected chi connectivity index (χ3v) is 7.74. The van der Waals surface area contributed by atoms with Crippen molar-refractivity contribution in [3.05, 3.63) is 64.3 Å². The lowest BCUT2D eigenvalue weighted by Crippen LogP contribution is -2.51. The van der Waals surface area contributed by atoms with Crippen LogP contribution in [0.25, 0.3) is 10.9 Å². The average Bonchev–Trinajstić information content (AvgIpc) is 2.79. The predicted molar refractivity (Wildman–Crippen MR) is 124 cm³/mol. The molecule has 1 aliphatic heterocycles. The van der Waals surface area contributed by atoms with Crippen LogP contribution in [0.5, 0.6) is 5.75 Å². The molecule has 0 saturated carbocycles. The fraction of sp³-hybridized carbons (Fsp3) is 0.273. The Morgan fingerprint density at radius 2 is 1.84 bits per heavy atom. The van der Waals surface area contributed by atoms with E-state index in [4.69, 9.17) is 27.9 Å². The Balaban J connectivity index is 1.42. The van der Waals surface area contributed by atoms with Crippen molar-refractivity contribution in [3.8, 4) is 5.75 Å². The molecule has 0 N–H and O–H groups in total. The maximum Gasteiger partial charge on any atom is 0.260 e. The van der Waals surface area contributed by atoms with Gasteiger partial charge in [-0.15, -0.1) is 0 Å². The molecule has 32 heavy (non-hydrogen) atoms. The monoisotopic (exact) mass is 493 g/mol. The smallest absolute Gasteiger partial charge is 0.260 e. The number of sulfonamides is 1. The standard InChI is InChI=1S/C22H21Cl2N3O4S/c1-15-11-16-3-2-4-20(22(16)25-13-15)32(29,30)27-9-7-26(8-10-27)21(28)14-31-19-12-17(23)5-6-18(19)24/h2-6,11-13H,7-10,14H2,1H3. The van der Waals surface area contributed by atoms with Gasteiger partial charge in [-0.3, -0.25) is 9.78 Å². The molecule has 0 radical (unpaired) electrons. The van der Waals surface area contributed by atoms with Crippen molar-refractivity contribution < 1.29 is 17.9 Å². The third-order valence-electron chi connectivity index (χ3n) is 5.26. The van der Waals surface area contributed by atoms with Crippen LogP contribution in [0, 0.1) is 6.92 Å². The summed E-state index contributed by atoms with van der Waals surface area (Å²) < 4.78 is 33.4. The van der Waals surface area contributed by atoms with E-state index < -0.39 is 10.0 Å². The van der Waals surface area contributed by atoms with Crippen LogP contribution in [-0.2, 0) is 14.8 Å². The van der Waals surface area contributed by atoms with Gasteiger partial charge in [0, 0.05) is 48.9 Å². The lowest BCUT2D eigenvalue weighted by Gasteiger charge is -2.34. The zero-order valence-electron chi connectivity index (χ0n) is 17.3. The van der Waals surface area contributed by atoms with E-state index >= 15 is 0 Å². The summed E-state index contributed by atoms with van der Waals surface area (Å²) in [5, 5.41) is 1.59. The zero-order valence-corrected chi connectivity index (χ0v) is 19.6. The maximum atomic E-state index is 13.3. The van der Waals surface area contributed by atoms with Gasteiger partial charge in [0.2, 0.25) is 10.0 Å². The van der Waals surface area contributed by atoms with Gasteiger partial charge in [-0.1, -0.05) is 35.3 Å². The molecule has 0 aliphatic carbocycles. The van der Waals surface area contributed by atoms with E-state index in [1.807, 2.05) is 19.1 Å². The number of carbonyl (C=O) groups is 1. The normalized spacial score (nSPS) is 15.2. The van der Waals surface area contributed by atoms with Crippen molar-refractivity contribution in [3.63, 3.8) is 0 Å². The molecular formula is C22H21Cl2N3O4S. The van der Waals surface area contributed by atoms with E-state index in [9.17, 15) is 13.2 Å². The number of nitrogens with zero attached hydrogens (tertiary/aromatic N) is 3. The minimum atomic E-state index is -3.75. The second-order valence-corrected chi connectivity index (χ2v) is 10.2. The van der Waals surface area contributed by atoms with Gasteiger partial charge in [0.1, 0.15) is 10.6 Å². The van der Waals surface area contributed by atoms with E-state index in [2.05, 4.69) is 4.98 Å². The Hall–Kier alpha value is -2.39. The molecule has 168 valence electrons. The highest BCUT2D eigenvalue weighted by molar-refractivity contribution is 7.89. The summed E-state index contributed by atoms with van der Waals surface area (Å²) in [4.78, 5) is 18.6. The van der Waals surface area contributed by atoms with Gasteiger partial charge in [-0.25, -0.2) is 8.42 Å². The molecule has 1 fully saturated rings. The number of amides is 1. The van der Waals surface area contributed by atoms with Crippen LogP contribution in [0.1, 0.15) is 5.56 Å². The Kier molecular flexibility index (Phi) is 6.57. The molecule has 0 unspecified atom stereocenters. The number of aryl methyl sites for hydroxylation is 1. The van der Waals surface area contributed by atoms with Crippen LogP contribution < -0.4 is 4.74 Å². The molecule has 7 nitrogen and oxygen atoms in total. The molecule has 10 heteroatoms. The lowest BCUT2D eigenvalue weighted by molar-refractivity contribution is -0.134. The molecule has 0 bridgehead atoms. The molecule has 0 atom stereocenters. The number of pyridine rings is 1. The number of aromatic nitrogens is 1. The Labute approximate surface area is 196 Å². The second-order valence-electron chi connectivity index (χ2n) is 7.49. The first-order chi connectivity index (χ1) is 15.3. The summed E-state index contributed by atoms with van der Waals surface area (Å²) in [6.07, 6.45) is 1.66. The highest BCUT2D eigenvalue weighted by atomic mass is 35.5.